The Bertz CT molecular complexity index is 1660. The van der Waals surface area contributed by atoms with Crippen LogP contribution in [0, 0.1) is 6.92 Å². The molecule has 2 heterocycles. The number of aromatic nitrogens is 2. The first-order valence-corrected chi connectivity index (χ1v) is 15.7. The van der Waals surface area contributed by atoms with Crippen molar-refractivity contribution in [3.8, 4) is 28.3 Å². The van der Waals surface area contributed by atoms with Crippen molar-refractivity contribution in [1.29, 1.82) is 0 Å². The lowest BCUT2D eigenvalue weighted by molar-refractivity contribution is -0.141. The highest BCUT2D eigenvalue weighted by Gasteiger charge is 2.26. The van der Waals surface area contributed by atoms with Gasteiger partial charge in [0.2, 0.25) is 5.91 Å². The predicted molar refractivity (Wildman–Crippen MR) is 177 cm³/mol. The Morgan fingerprint density at radius 3 is 2.09 bits per heavy atom. The van der Waals surface area contributed by atoms with E-state index in [0.717, 1.165) is 38.4 Å². The van der Waals surface area contributed by atoms with Gasteiger partial charge in [-0.15, -0.1) is 11.3 Å². The Morgan fingerprint density at radius 1 is 0.889 bits per heavy atom. The normalized spacial score (nSPS) is 12.8. The van der Waals surface area contributed by atoms with Crippen LogP contribution in [-0.2, 0) is 21.4 Å². The molecule has 9 nitrogen and oxygen atoms in total. The van der Waals surface area contributed by atoms with Crippen LogP contribution < -0.4 is 15.4 Å². The number of hydrogen-bond donors (Lipinski definition) is 3. The maximum Gasteiger partial charge on any atom is 0.325 e. The summed E-state index contributed by atoms with van der Waals surface area (Å²) in [5, 5.41) is 14.6. The van der Waals surface area contributed by atoms with Gasteiger partial charge in [0.05, 0.1) is 11.0 Å². The average Bonchev–Trinajstić information content (AvgIpc) is 3.50. The molecule has 0 spiro atoms. The minimum absolute atomic E-state index is 0.0964. The van der Waals surface area contributed by atoms with Gasteiger partial charge in [-0.05, 0) is 74.1 Å². The van der Waals surface area contributed by atoms with E-state index in [1.165, 1.54) is 18.3 Å². The zero-order valence-electron chi connectivity index (χ0n) is 26.7. The zero-order chi connectivity index (χ0) is 32.9. The van der Waals surface area contributed by atoms with Gasteiger partial charge in [0.25, 0.3) is 5.91 Å². The summed E-state index contributed by atoms with van der Waals surface area (Å²) in [6.45, 7) is 13.6. The summed E-state index contributed by atoms with van der Waals surface area (Å²) in [4.78, 5) is 48.3. The van der Waals surface area contributed by atoms with Crippen LogP contribution in [-0.4, -0.2) is 51.0 Å². The number of ether oxygens (including phenoxy) is 1. The van der Waals surface area contributed by atoms with Crippen molar-refractivity contribution in [3.63, 3.8) is 0 Å². The van der Waals surface area contributed by atoms with Crippen LogP contribution in [0.4, 0.5) is 0 Å². The number of aryl methyl sites for hydroxylation is 1. The fourth-order valence-corrected chi connectivity index (χ4v) is 5.51. The maximum atomic E-state index is 13.1. The summed E-state index contributed by atoms with van der Waals surface area (Å²) in [5.41, 5.74) is 4.36. The second-order valence-electron chi connectivity index (χ2n) is 12.4. The Hall–Kier alpha value is -4.57. The molecule has 3 N–H and O–H groups in total. The van der Waals surface area contributed by atoms with Crippen LogP contribution >= 0.6 is 11.3 Å². The van der Waals surface area contributed by atoms with Crippen molar-refractivity contribution in [3.05, 3.63) is 87.9 Å². The third-order valence-corrected chi connectivity index (χ3v) is 8.60. The topological polar surface area (TPSA) is 131 Å². The Balaban J connectivity index is 1.49. The first kappa shape index (κ1) is 33.3. The third-order valence-electron chi connectivity index (χ3n) is 7.09. The number of nitrogens with zero attached hydrogens (tertiary/aromatic N) is 2. The van der Waals surface area contributed by atoms with Gasteiger partial charge in [-0.1, -0.05) is 51.1 Å². The van der Waals surface area contributed by atoms with Crippen molar-refractivity contribution in [1.82, 2.24) is 20.6 Å². The molecule has 10 heteroatoms. The largest absolute Gasteiger partial charge is 0.491 e. The minimum Gasteiger partial charge on any atom is -0.491 e. The highest BCUT2D eigenvalue weighted by Crippen LogP contribution is 2.30. The molecular formula is C35H40N4O5S. The number of nitrogens with one attached hydrogen (secondary N) is 2. The number of benzene rings is 2. The highest BCUT2D eigenvalue weighted by molar-refractivity contribution is 7.14. The van der Waals surface area contributed by atoms with Crippen LogP contribution in [0.1, 0.15) is 67.2 Å². The zero-order valence-corrected chi connectivity index (χ0v) is 27.5. The number of amides is 2. The van der Waals surface area contributed by atoms with Crippen LogP contribution in [0.2, 0.25) is 0 Å². The summed E-state index contributed by atoms with van der Waals surface area (Å²) in [6, 6.07) is 15.0. The summed E-state index contributed by atoms with van der Waals surface area (Å²) in [6.07, 6.45) is 3.82. The quantitative estimate of drug-likeness (QED) is 0.180. The Labute approximate surface area is 268 Å². The molecule has 0 saturated heterocycles. The SMILES string of the molecule is Cc1cc(-c2cnc(-c3ccc(CC(NC(=O)c4ccc(C(C)(C)C)s4)C(=O)NC(C)C(=O)O)cc3)nc2)ccc1OC(C)C. The second-order valence-corrected chi connectivity index (χ2v) is 13.4. The van der Waals surface area contributed by atoms with Crippen molar-refractivity contribution in [2.24, 2.45) is 0 Å². The summed E-state index contributed by atoms with van der Waals surface area (Å²) in [5.74, 6) is -0.728. The molecule has 4 rings (SSSR count). The molecule has 0 bridgehead atoms. The lowest BCUT2D eigenvalue weighted by Crippen LogP contribution is -2.51. The van der Waals surface area contributed by atoms with E-state index in [2.05, 4.69) is 47.4 Å². The van der Waals surface area contributed by atoms with E-state index in [0.29, 0.717) is 10.7 Å². The number of carbonyl (C=O) groups is 3. The maximum absolute atomic E-state index is 13.1. The number of hydrogen-bond acceptors (Lipinski definition) is 7. The van der Waals surface area contributed by atoms with Crippen LogP contribution in [0.15, 0.2) is 67.0 Å². The van der Waals surface area contributed by atoms with E-state index in [4.69, 9.17) is 4.74 Å². The number of thiophene rings is 1. The Morgan fingerprint density at radius 2 is 1.53 bits per heavy atom. The first-order valence-electron chi connectivity index (χ1n) is 14.8. The third kappa shape index (κ3) is 8.76. The van der Waals surface area contributed by atoms with Crippen molar-refractivity contribution in [2.45, 2.75) is 78.5 Å². The van der Waals surface area contributed by atoms with Gasteiger partial charge in [-0.3, -0.25) is 14.4 Å². The monoisotopic (exact) mass is 628 g/mol. The Kier molecular flexibility index (Phi) is 10.4. The smallest absolute Gasteiger partial charge is 0.325 e. The molecule has 2 atom stereocenters. The molecule has 2 aromatic carbocycles. The summed E-state index contributed by atoms with van der Waals surface area (Å²) >= 11 is 1.37. The van der Waals surface area contributed by atoms with E-state index < -0.39 is 24.0 Å². The molecule has 0 radical (unpaired) electrons. The van der Waals surface area contributed by atoms with E-state index in [-0.39, 0.29) is 23.8 Å². The number of aliphatic carboxylic acids is 1. The molecule has 2 amide bonds. The summed E-state index contributed by atoms with van der Waals surface area (Å²) in [7, 11) is 0. The van der Waals surface area contributed by atoms with Crippen molar-refractivity contribution >= 4 is 29.1 Å². The second kappa shape index (κ2) is 14.0. The lowest BCUT2D eigenvalue weighted by Gasteiger charge is -2.20. The van der Waals surface area contributed by atoms with Gasteiger partial charge in [-0.2, -0.15) is 0 Å². The number of rotatable bonds is 11. The van der Waals surface area contributed by atoms with Crippen LogP contribution in [0.25, 0.3) is 22.5 Å². The van der Waals surface area contributed by atoms with Gasteiger partial charge in [0.1, 0.15) is 17.8 Å². The number of carbonyl (C=O) groups excluding carboxylic acids is 2. The van der Waals surface area contributed by atoms with Gasteiger partial charge in [-0.25, -0.2) is 9.97 Å². The molecule has 236 valence electrons. The van der Waals surface area contributed by atoms with Gasteiger partial charge in [0, 0.05) is 34.8 Å². The number of carboxylic acid groups (broad SMARTS) is 1. The predicted octanol–water partition coefficient (Wildman–Crippen LogP) is 6.20. The van der Waals surface area contributed by atoms with E-state index in [9.17, 15) is 19.5 Å². The van der Waals surface area contributed by atoms with Gasteiger partial charge in [0.15, 0.2) is 5.82 Å². The number of carboxylic acids is 1. The molecule has 0 fully saturated rings. The summed E-state index contributed by atoms with van der Waals surface area (Å²) < 4.78 is 5.84. The molecular weight excluding hydrogens is 588 g/mol. The lowest BCUT2D eigenvalue weighted by atomic mass is 9.95. The van der Waals surface area contributed by atoms with Gasteiger partial charge < -0.3 is 20.5 Å². The van der Waals surface area contributed by atoms with E-state index >= 15 is 0 Å². The minimum atomic E-state index is -1.16. The van der Waals surface area contributed by atoms with Crippen molar-refractivity contribution in [2.75, 3.05) is 0 Å². The first-order chi connectivity index (χ1) is 21.2. The molecule has 0 aliphatic heterocycles. The van der Waals surface area contributed by atoms with Crippen molar-refractivity contribution < 1.29 is 24.2 Å². The average molecular weight is 629 g/mol. The standard InChI is InChI=1S/C35H40N4O5S/c1-20(2)44-28-13-12-25(16-21(28)3)26-18-36-31(37-19-26)24-10-8-23(9-11-24)17-27(32(40)38-22(4)34(42)43)39-33(41)29-14-15-30(45-29)35(5,6)7/h8-16,18-20,22,27H,17H2,1-7H3,(H,38,40)(H,39,41)(H,42,43). The van der Waals surface area contributed by atoms with Crippen LogP contribution in [0.5, 0.6) is 5.75 Å². The molecule has 2 aromatic heterocycles. The van der Waals surface area contributed by atoms with Gasteiger partial charge >= 0.3 is 5.97 Å². The molecule has 0 saturated carbocycles. The molecule has 45 heavy (non-hydrogen) atoms. The molecule has 0 aliphatic carbocycles. The molecule has 4 aromatic rings. The van der Waals surface area contributed by atoms with Crippen LogP contribution in [0.3, 0.4) is 0 Å². The van der Waals surface area contributed by atoms with E-state index in [1.807, 2.05) is 63.2 Å². The highest BCUT2D eigenvalue weighted by atomic mass is 32.1. The fraction of sp³-hybridized carbons (Fsp3) is 0.343. The molecule has 0 aliphatic rings. The fourth-order valence-electron chi connectivity index (χ4n) is 4.54. The molecule has 2 unspecified atom stereocenters. The van der Waals surface area contributed by atoms with E-state index in [1.54, 1.807) is 18.5 Å².